The number of halogens is 2. The van der Waals surface area contributed by atoms with Gasteiger partial charge in [-0.3, -0.25) is 9.59 Å². The molecule has 194 valence electrons. The third-order valence-corrected chi connectivity index (χ3v) is 6.50. The number of morpholine rings is 1. The van der Waals surface area contributed by atoms with Crippen molar-refractivity contribution < 1.29 is 32.6 Å². The van der Waals surface area contributed by atoms with Crippen LogP contribution in [0, 0.1) is 11.6 Å². The van der Waals surface area contributed by atoms with Crippen LogP contribution >= 0.6 is 0 Å². The highest BCUT2D eigenvalue weighted by Crippen LogP contribution is 2.27. The fourth-order valence-electron chi connectivity index (χ4n) is 4.52. The van der Waals surface area contributed by atoms with Crippen LogP contribution in [0.1, 0.15) is 32.1 Å². The van der Waals surface area contributed by atoms with Crippen LogP contribution in [-0.4, -0.2) is 73.2 Å². The Morgan fingerprint density at radius 3 is 2.06 bits per heavy atom. The molecule has 2 aliphatic rings. The Morgan fingerprint density at radius 1 is 0.806 bits per heavy atom. The molecule has 0 radical (unpaired) electrons. The van der Waals surface area contributed by atoms with Gasteiger partial charge in [0.15, 0.2) is 0 Å². The number of hydrogen-bond donors (Lipinski definition) is 0. The Hall–Kier alpha value is -3.20. The second kappa shape index (κ2) is 12.2. The van der Waals surface area contributed by atoms with Crippen LogP contribution < -0.4 is 9.47 Å². The van der Waals surface area contributed by atoms with E-state index >= 15 is 0 Å². The second-order valence-corrected chi connectivity index (χ2v) is 9.26. The molecule has 0 N–H and O–H groups in total. The molecule has 7 nitrogen and oxygen atoms in total. The van der Waals surface area contributed by atoms with E-state index in [0.29, 0.717) is 18.0 Å². The van der Waals surface area contributed by atoms with Gasteiger partial charge in [0.25, 0.3) is 0 Å². The zero-order chi connectivity index (χ0) is 25.4. The van der Waals surface area contributed by atoms with Crippen LogP contribution in [0.5, 0.6) is 11.5 Å². The maximum atomic E-state index is 13.3. The van der Waals surface area contributed by atoms with Gasteiger partial charge in [-0.05, 0) is 67.8 Å². The van der Waals surface area contributed by atoms with Crippen molar-refractivity contribution in [2.45, 2.75) is 37.7 Å². The first-order chi connectivity index (χ1) is 17.4. The third-order valence-electron chi connectivity index (χ3n) is 6.50. The molecule has 9 heteroatoms. The lowest BCUT2D eigenvalue weighted by Crippen LogP contribution is -2.58. The number of likely N-dealkylation sites (tertiary alicyclic amines) is 1. The van der Waals surface area contributed by atoms with Gasteiger partial charge >= 0.3 is 0 Å². The Morgan fingerprint density at radius 2 is 1.42 bits per heavy atom. The first-order valence-corrected chi connectivity index (χ1v) is 12.4. The lowest BCUT2D eigenvalue weighted by atomic mass is 9.96. The maximum absolute atomic E-state index is 13.3. The van der Waals surface area contributed by atoms with E-state index in [1.54, 1.807) is 4.90 Å². The van der Waals surface area contributed by atoms with E-state index in [2.05, 4.69) is 0 Å². The molecular weight excluding hydrogens is 470 g/mol. The topological polar surface area (TPSA) is 68.3 Å². The maximum Gasteiger partial charge on any atom is 0.226 e. The number of nitrogens with zero attached hydrogens (tertiary/aromatic N) is 2. The molecule has 4 rings (SSSR count). The highest BCUT2D eigenvalue weighted by molar-refractivity contribution is 5.79. The predicted octanol–water partition coefficient (Wildman–Crippen LogP) is 3.81. The number of benzene rings is 2. The Kier molecular flexibility index (Phi) is 8.74. The number of rotatable bonds is 9. The van der Waals surface area contributed by atoms with Crippen LogP contribution in [-0.2, 0) is 14.3 Å². The second-order valence-electron chi connectivity index (χ2n) is 9.26. The normalized spacial score (nSPS) is 20.2. The van der Waals surface area contributed by atoms with Gasteiger partial charge in [0.05, 0.1) is 32.6 Å². The number of carbonyl (C=O) groups excluding carboxylic acids is 2. The molecule has 0 bridgehead atoms. The summed E-state index contributed by atoms with van der Waals surface area (Å²) in [7, 11) is 0. The molecule has 2 amide bonds. The van der Waals surface area contributed by atoms with Crippen LogP contribution in [0.25, 0.3) is 0 Å². The summed E-state index contributed by atoms with van der Waals surface area (Å²) in [5.41, 5.74) is -1.02. The van der Waals surface area contributed by atoms with Crippen molar-refractivity contribution in [1.29, 1.82) is 0 Å². The molecule has 0 spiro atoms. The molecule has 2 aromatic rings. The monoisotopic (exact) mass is 502 g/mol. The zero-order valence-electron chi connectivity index (χ0n) is 20.3. The summed E-state index contributed by atoms with van der Waals surface area (Å²) in [4.78, 5) is 29.7. The quantitative estimate of drug-likeness (QED) is 0.522. The summed E-state index contributed by atoms with van der Waals surface area (Å²) >= 11 is 0. The minimum Gasteiger partial charge on any atom is -0.493 e. The molecule has 0 aromatic heterocycles. The van der Waals surface area contributed by atoms with Crippen molar-refractivity contribution in [3.63, 3.8) is 0 Å². The minimum absolute atomic E-state index is 0.0219. The highest BCUT2D eigenvalue weighted by Gasteiger charge is 2.42. The summed E-state index contributed by atoms with van der Waals surface area (Å²) < 4.78 is 44.0. The number of piperidine rings is 1. The van der Waals surface area contributed by atoms with Crippen molar-refractivity contribution >= 4 is 11.8 Å². The molecule has 2 aromatic carbocycles. The molecular formula is C27H32F2N2O5. The first kappa shape index (κ1) is 25.9. The zero-order valence-corrected chi connectivity index (χ0v) is 20.3. The van der Waals surface area contributed by atoms with Crippen LogP contribution in [0.15, 0.2) is 48.5 Å². The Labute approximate surface area is 209 Å². The molecule has 0 unspecified atom stereocenters. The van der Waals surface area contributed by atoms with Crippen molar-refractivity contribution in [3.05, 3.63) is 60.2 Å². The van der Waals surface area contributed by atoms with Gasteiger partial charge in [-0.15, -0.1) is 0 Å². The smallest absolute Gasteiger partial charge is 0.226 e. The summed E-state index contributed by atoms with van der Waals surface area (Å²) in [5.74, 6) is 0.0700. The highest BCUT2D eigenvalue weighted by atomic mass is 19.1. The molecule has 2 saturated heterocycles. The van der Waals surface area contributed by atoms with Gasteiger partial charge in [-0.25, -0.2) is 8.78 Å². The lowest BCUT2D eigenvalue weighted by molar-refractivity contribution is -0.166. The van der Waals surface area contributed by atoms with Gasteiger partial charge < -0.3 is 24.0 Å². The number of amides is 2. The van der Waals surface area contributed by atoms with E-state index in [0.717, 1.165) is 32.4 Å². The Balaban J connectivity index is 1.39. The van der Waals surface area contributed by atoms with Crippen molar-refractivity contribution in [1.82, 2.24) is 9.80 Å². The lowest BCUT2D eigenvalue weighted by Gasteiger charge is -2.43. The number of ether oxygens (including phenoxy) is 3. The van der Waals surface area contributed by atoms with Crippen molar-refractivity contribution in [2.24, 2.45) is 0 Å². The SMILES string of the molecule is O=C(C[C@]1(COc2ccc(F)cc2)CN(C(=O)CCOc2ccc(F)cc2)CCO1)N1CCCCC1. The number of carbonyl (C=O) groups is 2. The van der Waals surface area contributed by atoms with Gasteiger partial charge in [-0.2, -0.15) is 0 Å². The van der Waals surface area contributed by atoms with Crippen molar-refractivity contribution in [3.8, 4) is 11.5 Å². The standard InChI is InChI=1S/C27H32F2N2O5/c28-21-4-8-23(9-5-21)34-16-12-25(32)31-15-17-36-27(19-31,18-26(33)30-13-2-1-3-14-30)20-35-24-10-6-22(29)7-11-24/h4-11H,1-3,12-20H2/t27-/m1/s1. The van der Waals surface area contributed by atoms with Gasteiger partial charge in [-0.1, -0.05) is 0 Å². The van der Waals surface area contributed by atoms with Gasteiger partial charge in [0.1, 0.15) is 35.3 Å². The molecule has 0 saturated carbocycles. The van der Waals surface area contributed by atoms with E-state index in [1.165, 1.54) is 48.5 Å². The molecule has 2 fully saturated rings. The van der Waals surface area contributed by atoms with E-state index < -0.39 is 5.60 Å². The first-order valence-electron chi connectivity index (χ1n) is 12.4. The van der Waals surface area contributed by atoms with Crippen molar-refractivity contribution in [2.75, 3.05) is 46.0 Å². The largest absolute Gasteiger partial charge is 0.493 e. The minimum atomic E-state index is -1.02. The van der Waals surface area contributed by atoms with Gasteiger partial charge in [0, 0.05) is 19.6 Å². The van der Waals surface area contributed by atoms with Gasteiger partial charge in [0.2, 0.25) is 11.8 Å². The summed E-state index contributed by atoms with van der Waals surface area (Å²) in [5, 5.41) is 0. The summed E-state index contributed by atoms with van der Waals surface area (Å²) in [6.45, 7) is 2.50. The van der Waals surface area contributed by atoms with E-state index in [-0.39, 0.29) is 62.7 Å². The molecule has 1 atom stereocenters. The Bertz CT molecular complexity index is 1010. The van der Waals surface area contributed by atoms with Crippen LogP contribution in [0.4, 0.5) is 8.78 Å². The van der Waals surface area contributed by atoms with Crippen LogP contribution in [0.3, 0.4) is 0 Å². The fraction of sp³-hybridized carbons (Fsp3) is 0.481. The summed E-state index contributed by atoms with van der Waals surface area (Å²) in [6.07, 6.45) is 3.28. The van der Waals surface area contributed by atoms with E-state index in [1.807, 2.05) is 4.90 Å². The third kappa shape index (κ3) is 7.16. The molecule has 36 heavy (non-hydrogen) atoms. The summed E-state index contributed by atoms with van der Waals surface area (Å²) in [6, 6.07) is 11.3. The van der Waals surface area contributed by atoms with E-state index in [4.69, 9.17) is 14.2 Å². The molecule has 0 aliphatic carbocycles. The fourth-order valence-corrected chi connectivity index (χ4v) is 4.52. The average Bonchev–Trinajstić information content (AvgIpc) is 2.90. The van der Waals surface area contributed by atoms with E-state index in [9.17, 15) is 18.4 Å². The molecule has 2 heterocycles. The predicted molar refractivity (Wildman–Crippen MR) is 129 cm³/mol. The number of hydrogen-bond acceptors (Lipinski definition) is 5. The average molecular weight is 503 g/mol. The molecule has 2 aliphatic heterocycles. The van der Waals surface area contributed by atoms with Crippen LogP contribution in [0.2, 0.25) is 0 Å².